The van der Waals surface area contributed by atoms with Crippen LogP contribution in [-0.2, 0) is 0 Å². The molecule has 3 rings (SSSR count). The number of hydrogen-bond acceptors (Lipinski definition) is 0. The Balaban J connectivity index is 2.20. The van der Waals surface area contributed by atoms with Crippen molar-refractivity contribution in [2.75, 3.05) is 0 Å². The molecule has 0 aromatic rings. The van der Waals surface area contributed by atoms with Gasteiger partial charge < -0.3 is 0 Å². The van der Waals surface area contributed by atoms with Crippen LogP contribution in [0.5, 0.6) is 0 Å². The van der Waals surface area contributed by atoms with Crippen LogP contribution in [-0.4, -0.2) is 0 Å². The van der Waals surface area contributed by atoms with Gasteiger partial charge >= 0.3 is 0 Å². The Morgan fingerprint density at radius 1 is 1.22 bits per heavy atom. The molecule has 0 aliphatic heterocycles. The second kappa shape index (κ2) is 1.86. The lowest BCUT2D eigenvalue weighted by Crippen LogP contribution is -2.24. The summed E-state index contributed by atoms with van der Waals surface area (Å²) in [6, 6.07) is 0. The van der Waals surface area contributed by atoms with E-state index in [9.17, 15) is 0 Å². The fourth-order valence-electron chi connectivity index (χ4n) is 2.22. The van der Waals surface area contributed by atoms with Crippen molar-refractivity contribution in [2.45, 2.75) is 26.2 Å². The molecule has 3 aliphatic rings. The minimum Gasteiger partial charge on any atom is -0.0851 e. The van der Waals surface area contributed by atoms with Crippen LogP contribution in [0.3, 0.4) is 0 Å². The van der Waals surface area contributed by atoms with Crippen molar-refractivity contribution < 1.29 is 0 Å². The van der Waals surface area contributed by atoms with E-state index in [2.05, 4.69) is 19.1 Å². The summed E-state index contributed by atoms with van der Waals surface area (Å²) in [5, 5.41) is 0. The minimum atomic E-state index is 0.940. The van der Waals surface area contributed by atoms with E-state index in [0.717, 1.165) is 17.8 Å². The molecule has 3 aliphatic carbocycles. The molecule has 2 bridgehead atoms. The van der Waals surface area contributed by atoms with Crippen molar-refractivity contribution >= 4 is 0 Å². The Kier molecular flexibility index (Phi) is 1.14. The highest BCUT2D eigenvalue weighted by Gasteiger charge is 2.28. The van der Waals surface area contributed by atoms with Crippen molar-refractivity contribution in [3.8, 4) is 0 Å². The molecule has 0 unspecified atom stereocenters. The van der Waals surface area contributed by atoms with Crippen LogP contribution in [0.2, 0.25) is 0 Å². The second-order valence-electron chi connectivity index (χ2n) is 3.60. The molecule has 0 nitrogen and oxygen atoms in total. The molecular weight excluding hydrogens is 108 g/mol. The molecule has 0 saturated heterocycles. The van der Waals surface area contributed by atoms with Crippen LogP contribution in [0.4, 0.5) is 0 Å². The Morgan fingerprint density at radius 3 is 2.33 bits per heavy atom. The van der Waals surface area contributed by atoms with E-state index in [-0.39, 0.29) is 0 Å². The van der Waals surface area contributed by atoms with E-state index < -0.39 is 0 Å². The molecule has 1 saturated carbocycles. The van der Waals surface area contributed by atoms with Crippen molar-refractivity contribution in [1.29, 1.82) is 0 Å². The van der Waals surface area contributed by atoms with E-state index >= 15 is 0 Å². The van der Waals surface area contributed by atoms with Gasteiger partial charge in [0.2, 0.25) is 0 Å². The van der Waals surface area contributed by atoms with Crippen LogP contribution >= 0.6 is 0 Å². The highest BCUT2D eigenvalue weighted by atomic mass is 14.3. The third-order valence-electron chi connectivity index (χ3n) is 2.91. The van der Waals surface area contributed by atoms with Crippen LogP contribution in [0.1, 0.15) is 26.2 Å². The molecule has 0 aromatic carbocycles. The summed E-state index contributed by atoms with van der Waals surface area (Å²) in [5.41, 5.74) is 0. The van der Waals surface area contributed by atoms with E-state index in [1.165, 1.54) is 19.3 Å². The molecule has 0 aromatic heterocycles. The van der Waals surface area contributed by atoms with Gasteiger partial charge in [-0.15, -0.1) is 0 Å². The van der Waals surface area contributed by atoms with Gasteiger partial charge in [0, 0.05) is 0 Å². The molecule has 0 amide bonds. The SMILES string of the molecule is C[C@@H]1C[C@@H]2C=C[C@H]1CC2. The first kappa shape index (κ1) is 5.52. The maximum atomic E-state index is 2.43. The third-order valence-corrected chi connectivity index (χ3v) is 2.91. The molecule has 1 fully saturated rings. The number of fused-ring (bicyclic) bond motifs is 2. The van der Waals surface area contributed by atoms with E-state index in [4.69, 9.17) is 0 Å². The monoisotopic (exact) mass is 122 g/mol. The first-order valence-electron chi connectivity index (χ1n) is 4.04. The second-order valence-corrected chi connectivity index (χ2v) is 3.60. The van der Waals surface area contributed by atoms with Gasteiger partial charge in [0.25, 0.3) is 0 Å². The zero-order valence-corrected chi connectivity index (χ0v) is 6.01. The summed E-state index contributed by atoms with van der Waals surface area (Å²) in [5.74, 6) is 2.87. The average Bonchev–Trinajstić information content (AvgIpc) is 1.90. The zero-order chi connectivity index (χ0) is 6.27. The number of allylic oxidation sites excluding steroid dienone is 2. The van der Waals surface area contributed by atoms with Crippen molar-refractivity contribution in [1.82, 2.24) is 0 Å². The Hall–Kier alpha value is -0.260. The summed E-state index contributed by atoms with van der Waals surface area (Å²) in [6.45, 7) is 2.39. The van der Waals surface area contributed by atoms with Crippen molar-refractivity contribution in [3.05, 3.63) is 12.2 Å². The quantitative estimate of drug-likeness (QED) is 0.433. The summed E-state index contributed by atoms with van der Waals surface area (Å²) in [4.78, 5) is 0. The first-order chi connectivity index (χ1) is 4.36. The lowest BCUT2D eigenvalue weighted by atomic mass is 9.70. The fourth-order valence-corrected chi connectivity index (χ4v) is 2.22. The highest BCUT2D eigenvalue weighted by molar-refractivity contribution is 5.04. The summed E-state index contributed by atoms with van der Waals surface area (Å²) < 4.78 is 0. The van der Waals surface area contributed by atoms with Gasteiger partial charge in [-0.05, 0) is 37.0 Å². The average molecular weight is 122 g/mol. The molecule has 0 N–H and O–H groups in total. The molecule has 0 spiro atoms. The van der Waals surface area contributed by atoms with Gasteiger partial charge in [0.15, 0.2) is 0 Å². The lowest BCUT2D eigenvalue weighted by molar-refractivity contribution is 0.238. The van der Waals surface area contributed by atoms with E-state index in [1.807, 2.05) is 0 Å². The van der Waals surface area contributed by atoms with Crippen LogP contribution < -0.4 is 0 Å². The summed E-state index contributed by atoms with van der Waals surface area (Å²) in [6.07, 6.45) is 9.24. The van der Waals surface area contributed by atoms with E-state index in [0.29, 0.717) is 0 Å². The molecule has 50 valence electrons. The maximum Gasteiger partial charge on any atom is -0.0207 e. The van der Waals surface area contributed by atoms with E-state index in [1.54, 1.807) is 0 Å². The zero-order valence-electron chi connectivity index (χ0n) is 6.01. The fraction of sp³-hybridized carbons (Fsp3) is 0.778. The summed E-state index contributed by atoms with van der Waals surface area (Å²) >= 11 is 0. The molecule has 3 atom stereocenters. The number of hydrogen-bond donors (Lipinski definition) is 0. The standard InChI is InChI=1S/C9H14/c1-7-6-8-2-4-9(7)5-3-8/h2,4,7-9H,3,5-6H2,1H3/t7-,8-,9+/m1/s1. The normalized spacial score (nSPS) is 47.9. The first-order valence-corrected chi connectivity index (χ1v) is 4.04. The number of rotatable bonds is 0. The Morgan fingerprint density at radius 2 is 2.11 bits per heavy atom. The molecular formula is C9H14. The van der Waals surface area contributed by atoms with Gasteiger partial charge in [0.05, 0.1) is 0 Å². The minimum absolute atomic E-state index is 0.940. The van der Waals surface area contributed by atoms with Crippen LogP contribution in [0.15, 0.2) is 12.2 Å². The lowest BCUT2D eigenvalue weighted by Gasteiger charge is -2.35. The van der Waals surface area contributed by atoms with Gasteiger partial charge in [-0.1, -0.05) is 19.1 Å². The van der Waals surface area contributed by atoms with Gasteiger partial charge in [0.1, 0.15) is 0 Å². The predicted octanol–water partition coefficient (Wildman–Crippen LogP) is 2.61. The van der Waals surface area contributed by atoms with Gasteiger partial charge in [-0.2, -0.15) is 0 Å². The van der Waals surface area contributed by atoms with Gasteiger partial charge in [-0.3, -0.25) is 0 Å². The molecule has 0 heterocycles. The summed E-state index contributed by atoms with van der Waals surface area (Å²) in [7, 11) is 0. The van der Waals surface area contributed by atoms with Gasteiger partial charge in [-0.25, -0.2) is 0 Å². The van der Waals surface area contributed by atoms with Crippen molar-refractivity contribution in [3.63, 3.8) is 0 Å². The predicted molar refractivity (Wildman–Crippen MR) is 39.1 cm³/mol. The highest BCUT2D eigenvalue weighted by Crippen LogP contribution is 2.39. The van der Waals surface area contributed by atoms with Crippen molar-refractivity contribution in [2.24, 2.45) is 17.8 Å². The van der Waals surface area contributed by atoms with Crippen LogP contribution in [0, 0.1) is 17.8 Å². The molecule has 9 heavy (non-hydrogen) atoms. The third kappa shape index (κ3) is 0.810. The Labute approximate surface area is 57.0 Å². The smallest absolute Gasteiger partial charge is 0.0207 e. The Bertz CT molecular complexity index is 135. The molecule has 0 heteroatoms. The van der Waals surface area contributed by atoms with Crippen LogP contribution in [0.25, 0.3) is 0 Å². The molecule has 0 radical (unpaired) electrons. The topological polar surface area (TPSA) is 0 Å². The maximum absolute atomic E-state index is 2.43. The largest absolute Gasteiger partial charge is 0.0851 e.